The first-order chi connectivity index (χ1) is 9.10. The zero-order chi connectivity index (χ0) is 15.6. The van der Waals surface area contributed by atoms with Gasteiger partial charge in [0.2, 0.25) is 0 Å². The van der Waals surface area contributed by atoms with Gasteiger partial charge in [-0.3, -0.25) is 0 Å². The standard InChI is InChI=1S/C11H20N4O4S/c1-11(2,3)20(18,19)7-6-15-8(4-5-12)9(10(16)17)13-14-15/h4-7,12H2,1-3H3,(H,16,17). The van der Waals surface area contributed by atoms with Crippen molar-refractivity contribution in [1.82, 2.24) is 15.0 Å². The molecule has 0 fully saturated rings. The monoisotopic (exact) mass is 304 g/mol. The lowest BCUT2D eigenvalue weighted by molar-refractivity contribution is 0.0689. The highest BCUT2D eigenvalue weighted by molar-refractivity contribution is 7.92. The van der Waals surface area contributed by atoms with Crippen LogP contribution in [0.2, 0.25) is 0 Å². The van der Waals surface area contributed by atoms with E-state index in [0.29, 0.717) is 5.69 Å². The van der Waals surface area contributed by atoms with E-state index in [-0.39, 0.29) is 31.0 Å². The highest BCUT2D eigenvalue weighted by atomic mass is 32.2. The maximum absolute atomic E-state index is 12.0. The molecule has 0 saturated carbocycles. The third kappa shape index (κ3) is 3.54. The lowest BCUT2D eigenvalue weighted by Crippen LogP contribution is -2.32. The molecule has 8 nitrogen and oxygen atoms in total. The predicted molar refractivity (Wildman–Crippen MR) is 73.3 cm³/mol. The molecule has 0 aliphatic heterocycles. The zero-order valence-electron chi connectivity index (χ0n) is 11.8. The third-order valence-electron chi connectivity index (χ3n) is 2.93. The minimum absolute atomic E-state index is 0.0647. The molecule has 0 unspecified atom stereocenters. The molecule has 1 aromatic rings. The summed E-state index contributed by atoms with van der Waals surface area (Å²) in [4.78, 5) is 11.0. The summed E-state index contributed by atoms with van der Waals surface area (Å²) >= 11 is 0. The van der Waals surface area contributed by atoms with E-state index in [1.807, 2.05) is 0 Å². The van der Waals surface area contributed by atoms with Gasteiger partial charge in [0.25, 0.3) is 0 Å². The van der Waals surface area contributed by atoms with Gasteiger partial charge in [0.05, 0.1) is 22.7 Å². The fourth-order valence-corrected chi connectivity index (χ4v) is 2.60. The van der Waals surface area contributed by atoms with Crippen LogP contribution in [0.4, 0.5) is 0 Å². The number of hydrogen-bond donors (Lipinski definition) is 2. The Morgan fingerprint density at radius 3 is 2.45 bits per heavy atom. The number of carboxylic acid groups (broad SMARTS) is 1. The number of nitrogens with zero attached hydrogens (tertiary/aromatic N) is 3. The molecular formula is C11H20N4O4S. The summed E-state index contributed by atoms with van der Waals surface area (Å²) in [6.45, 7) is 5.16. The molecule has 9 heteroatoms. The van der Waals surface area contributed by atoms with E-state index < -0.39 is 20.6 Å². The van der Waals surface area contributed by atoms with Crippen molar-refractivity contribution in [1.29, 1.82) is 0 Å². The SMILES string of the molecule is CC(C)(C)S(=O)(=O)CCn1nnc(C(=O)O)c1CCN. The van der Waals surface area contributed by atoms with Crippen LogP contribution in [0, 0.1) is 0 Å². The fraction of sp³-hybridized carbons (Fsp3) is 0.727. The van der Waals surface area contributed by atoms with Gasteiger partial charge in [0.1, 0.15) is 0 Å². The maximum atomic E-state index is 12.0. The maximum Gasteiger partial charge on any atom is 0.358 e. The molecule has 0 saturated heterocycles. The summed E-state index contributed by atoms with van der Waals surface area (Å²) < 4.78 is 24.5. The summed E-state index contributed by atoms with van der Waals surface area (Å²) in [6.07, 6.45) is 0.282. The van der Waals surface area contributed by atoms with Gasteiger partial charge in [-0.1, -0.05) is 5.21 Å². The van der Waals surface area contributed by atoms with Crippen molar-refractivity contribution in [2.75, 3.05) is 12.3 Å². The number of rotatable bonds is 6. The smallest absolute Gasteiger partial charge is 0.358 e. The Bertz CT molecular complexity index is 586. The Morgan fingerprint density at radius 1 is 1.40 bits per heavy atom. The van der Waals surface area contributed by atoms with Gasteiger partial charge < -0.3 is 10.8 Å². The highest BCUT2D eigenvalue weighted by Crippen LogP contribution is 2.16. The van der Waals surface area contributed by atoms with Crippen molar-refractivity contribution in [3.05, 3.63) is 11.4 Å². The van der Waals surface area contributed by atoms with Crippen molar-refractivity contribution >= 4 is 15.8 Å². The Labute approximate surface area is 117 Å². The molecule has 0 bridgehead atoms. The first-order valence-corrected chi connectivity index (χ1v) is 7.83. The minimum atomic E-state index is -3.31. The Morgan fingerprint density at radius 2 is 2.00 bits per heavy atom. The largest absolute Gasteiger partial charge is 0.476 e. The van der Waals surface area contributed by atoms with Crippen molar-refractivity contribution in [3.63, 3.8) is 0 Å². The van der Waals surface area contributed by atoms with E-state index in [2.05, 4.69) is 10.3 Å². The average molecular weight is 304 g/mol. The van der Waals surface area contributed by atoms with Crippen LogP contribution < -0.4 is 5.73 Å². The quantitative estimate of drug-likeness (QED) is 0.737. The van der Waals surface area contributed by atoms with Crippen LogP contribution in [0.3, 0.4) is 0 Å². The molecule has 0 aliphatic rings. The number of aryl methyl sites for hydroxylation is 1. The molecule has 0 radical (unpaired) electrons. The van der Waals surface area contributed by atoms with E-state index in [1.165, 1.54) is 4.68 Å². The Balaban J connectivity index is 2.97. The van der Waals surface area contributed by atoms with Crippen molar-refractivity contribution in [2.45, 2.75) is 38.5 Å². The zero-order valence-corrected chi connectivity index (χ0v) is 12.6. The summed E-state index contributed by atoms with van der Waals surface area (Å²) in [7, 11) is -3.31. The van der Waals surface area contributed by atoms with Gasteiger partial charge in [-0.2, -0.15) is 0 Å². The summed E-state index contributed by atoms with van der Waals surface area (Å²) in [6, 6.07) is 0. The molecule has 0 aliphatic carbocycles. The first-order valence-electron chi connectivity index (χ1n) is 6.18. The van der Waals surface area contributed by atoms with Crippen LogP contribution in [0.25, 0.3) is 0 Å². The van der Waals surface area contributed by atoms with Gasteiger partial charge in [0, 0.05) is 6.42 Å². The molecule has 0 amide bonds. The topological polar surface area (TPSA) is 128 Å². The van der Waals surface area contributed by atoms with Crippen molar-refractivity contribution in [3.8, 4) is 0 Å². The molecule has 0 atom stereocenters. The molecule has 1 rings (SSSR count). The number of hydrogen-bond acceptors (Lipinski definition) is 6. The Kier molecular flexibility index (Phi) is 4.87. The second-order valence-corrected chi connectivity index (χ2v) is 8.25. The van der Waals surface area contributed by atoms with Crippen LogP contribution in [0.15, 0.2) is 0 Å². The Hall–Kier alpha value is -1.48. The van der Waals surface area contributed by atoms with Gasteiger partial charge >= 0.3 is 5.97 Å². The second-order valence-electron chi connectivity index (χ2n) is 5.38. The normalized spacial score (nSPS) is 12.6. The highest BCUT2D eigenvalue weighted by Gasteiger charge is 2.29. The van der Waals surface area contributed by atoms with E-state index in [9.17, 15) is 13.2 Å². The van der Waals surface area contributed by atoms with E-state index >= 15 is 0 Å². The number of carboxylic acids is 1. The van der Waals surface area contributed by atoms with Crippen LogP contribution in [-0.2, 0) is 22.8 Å². The molecule has 0 spiro atoms. The van der Waals surface area contributed by atoms with Gasteiger partial charge in [-0.15, -0.1) is 5.10 Å². The number of carbonyl (C=O) groups is 1. The summed E-state index contributed by atoms with van der Waals surface area (Å²) in [5.74, 6) is -1.32. The minimum Gasteiger partial charge on any atom is -0.476 e. The lowest BCUT2D eigenvalue weighted by atomic mass is 10.2. The number of aromatic carboxylic acids is 1. The van der Waals surface area contributed by atoms with Crippen LogP contribution in [0.1, 0.15) is 37.0 Å². The third-order valence-corrected chi connectivity index (χ3v) is 5.51. The predicted octanol–water partition coefficient (Wildman–Crippen LogP) is -0.309. The summed E-state index contributed by atoms with van der Waals surface area (Å²) in [5.41, 5.74) is 5.60. The van der Waals surface area contributed by atoms with E-state index in [4.69, 9.17) is 10.8 Å². The van der Waals surface area contributed by atoms with Gasteiger partial charge in [0.15, 0.2) is 15.5 Å². The van der Waals surface area contributed by atoms with Crippen molar-refractivity contribution in [2.24, 2.45) is 5.73 Å². The lowest BCUT2D eigenvalue weighted by Gasteiger charge is -2.19. The molecule has 20 heavy (non-hydrogen) atoms. The van der Waals surface area contributed by atoms with Crippen LogP contribution in [-0.4, -0.2) is 51.5 Å². The number of sulfone groups is 1. The fourth-order valence-electron chi connectivity index (χ4n) is 1.58. The van der Waals surface area contributed by atoms with Gasteiger partial charge in [-0.25, -0.2) is 17.9 Å². The number of aromatic nitrogens is 3. The molecular weight excluding hydrogens is 284 g/mol. The van der Waals surface area contributed by atoms with Gasteiger partial charge in [-0.05, 0) is 27.3 Å². The number of nitrogens with two attached hydrogens (primary N) is 1. The van der Waals surface area contributed by atoms with Crippen molar-refractivity contribution < 1.29 is 18.3 Å². The molecule has 1 aromatic heterocycles. The molecule has 0 aromatic carbocycles. The average Bonchev–Trinajstić information content (AvgIpc) is 2.69. The molecule has 114 valence electrons. The van der Waals surface area contributed by atoms with E-state index in [0.717, 1.165) is 0 Å². The molecule has 1 heterocycles. The van der Waals surface area contributed by atoms with Crippen LogP contribution >= 0.6 is 0 Å². The van der Waals surface area contributed by atoms with Crippen LogP contribution in [0.5, 0.6) is 0 Å². The molecule has 3 N–H and O–H groups in total. The van der Waals surface area contributed by atoms with E-state index in [1.54, 1.807) is 20.8 Å². The first kappa shape index (κ1) is 16.6. The summed E-state index contributed by atoms with van der Waals surface area (Å²) in [5, 5.41) is 16.3. The second kappa shape index (κ2) is 5.88.